The highest BCUT2D eigenvalue weighted by atomic mass is 79.9. The van der Waals surface area contributed by atoms with E-state index in [-0.39, 0.29) is 6.04 Å². The van der Waals surface area contributed by atoms with Gasteiger partial charge in [-0.15, -0.1) is 6.42 Å². The van der Waals surface area contributed by atoms with Gasteiger partial charge in [0, 0.05) is 4.47 Å². The van der Waals surface area contributed by atoms with Crippen LogP contribution >= 0.6 is 15.9 Å². The Kier molecular flexibility index (Phi) is 4.87. The molecule has 0 aliphatic carbocycles. The van der Waals surface area contributed by atoms with Gasteiger partial charge in [0.25, 0.3) is 0 Å². The Morgan fingerprint density at radius 2 is 2.27 bits per heavy atom. The van der Waals surface area contributed by atoms with Gasteiger partial charge in [0.05, 0.1) is 6.04 Å². The number of hydrogen-bond acceptors (Lipinski definition) is 1. The van der Waals surface area contributed by atoms with Crippen molar-refractivity contribution in [1.82, 2.24) is 5.32 Å². The zero-order valence-electron chi connectivity index (χ0n) is 9.18. The summed E-state index contributed by atoms with van der Waals surface area (Å²) in [6.07, 6.45) is 6.59. The smallest absolute Gasteiger partial charge is 0.0943 e. The molecule has 1 nitrogen and oxygen atoms in total. The fourth-order valence-corrected chi connectivity index (χ4v) is 1.75. The van der Waals surface area contributed by atoms with Gasteiger partial charge in [-0.1, -0.05) is 40.9 Å². The van der Waals surface area contributed by atoms with E-state index < -0.39 is 0 Å². The minimum atomic E-state index is 0.0156. The summed E-state index contributed by atoms with van der Waals surface area (Å²) in [5.41, 5.74) is 2.37. The maximum Gasteiger partial charge on any atom is 0.0943 e. The minimum Gasteiger partial charge on any atom is -0.300 e. The number of halogens is 1. The molecule has 0 aromatic heterocycles. The third-order valence-electron chi connectivity index (χ3n) is 2.29. The first kappa shape index (κ1) is 12.3. The van der Waals surface area contributed by atoms with E-state index in [1.54, 1.807) is 0 Å². The standard InChI is InChI=1S/C13H16BrN/c1-4-8-15-13(5-2)11-7-6-10(3)12(14)9-11/h2,6-7,9,13,15H,4,8H2,1,3H3. The second kappa shape index (κ2) is 5.95. The summed E-state index contributed by atoms with van der Waals surface area (Å²) < 4.78 is 1.11. The van der Waals surface area contributed by atoms with Crippen molar-refractivity contribution in [3.05, 3.63) is 33.8 Å². The van der Waals surface area contributed by atoms with Crippen LogP contribution < -0.4 is 5.32 Å². The van der Waals surface area contributed by atoms with Gasteiger partial charge in [0.1, 0.15) is 0 Å². The Hall–Kier alpha value is -0.780. The van der Waals surface area contributed by atoms with Crippen molar-refractivity contribution in [2.45, 2.75) is 26.3 Å². The van der Waals surface area contributed by atoms with Crippen LogP contribution in [-0.2, 0) is 0 Å². The van der Waals surface area contributed by atoms with Gasteiger partial charge in [-0.05, 0) is 37.1 Å². The predicted octanol–water partition coefficient (Wildman–Crippen LogP) is 3.43. The molecule has 0 heterocycles. The summed E-state index contributed by atoms with van der Waals surface area (Å²) in [5.74, 6) is 2.77. The van der Waals surface area contributed by atoms with Gasteiger partial charge in [0.15, 0.2) is 0 Å². The lowest BCUT2D eigenvalue weighted by Gasteiger charge is -2.13. The predicted molar refractivity (Wildman–Crippen MR) is 68.7 cm³/mol. The largest absolute Gasteiger partial charge is 0.300 e. The van der Waals surface area contributed by atoms with Crippen molar-refractivity contribution in [2.24, 2.45) is 0 Å². The molecule has 1 rings (SSSR count). The average Bonchev–Trinajstić information content (AvgIpc) is 2.24. The topological polar surface area (TPSA) is 12.0 Å². The quantitative estimate of drug-likeness (QED) is 0.823. The molecule has 2 heteroatoms. The second-order valence-corrected chi connectivity index (χ2v) is 4.42. The number of nitrogens with one attached hydrogen (secondary N) is 1. The Morgan fingerprint density at radius 1 is 1.53 bits per heavy atom. The molecular formula is C13H16BrN. The number of benzene rings is 1. The molecule has 0 aliphatic rings. The van der Waals surface area contributed by atoms with E-state index in [9.17, 15) is 0 Å². The second-order valence-electron chi connectivity index (χ2n) is 3.56. The van der Waals surface area contributed by atoms with Gasteiger partial charge >= 0.3 is 0 Å². The highest BCUT2D eigenvalue weighted by molar-refractivity contribution is 9.10. The highest BCUT2D eigenvalue weighted by Crippen LogP contribution is 2.21. The van der Waals surface area contributed by atoms with Crippen LogP contribution in [0.1, 0.15) is 30.5 Å². The van der Waals surface area contributed by atoms with Crippen LogP contribution in [0.5, 0.6) is 0 Å². The summed E-state index contributed by atoms with van der Waals surface area (Å²) in [5, 5.41) is 3.33. The van der Waals surface area contributed by atoms with Gasteiger partial charge in [0.2, 0.25) is 0 Å². The summed E-state index contributed by atoms with van der Waals surface area (Å²) in [6.45, 7) is 5.14. The maximum absolute atomic E-state index is 5.51. The molecule has 0 bridgehead atoms. The highest BCUT2D eigenvalue weighted by Gasteiger charge is 2.07. The van der Waals surface area contributed by atoms with Gasteiger partial charge in [-0.3, -0.25) is 0 Å². The van der Waals surface area contributed by atoms with E-state index in [0.29, 0.717) is 0 Å². The Bertz CT molecular complexity index is 365. The Balaban J connectivity index is 2.84. The van der Waals surface area contributed by atoms with Crippen molar-refractivity contribution in [2.75, 3.05) is 6.54 Å². The number of terminal acetylenes is 1. The first-order valence-corrected chi connectivity index (χ1v) is 5.94. The molecular weight excluding hydrogens is 250 g/mol. The first-order chi connectivity index (χ1) is 7.19. The summed E-state index contributed by atoms with van der Waals surface area (Å²) in [6, 6.07) is 6.26. The van der Waals surface area contributed by atoms with E-state index in [4.69, 9.17) is 6.42 Å². The third-order valence-corrected chi connectivity index (χ3v) is 3.15. The lowest BCUT2D eigenvalue weighted by molar-refractivity contribution is 0.626. The monoisotopic (exact) mass is 265 g/mol. The van der Waals surface area contributed by atoms with Gasteiger partial charge in [-0.25, -0.2) is 0 Å². The molecule has 1 aromatic carbocycles. The fourth-order valence-electron chi connectivity index (χ4n) is 1.35. The molecule has 0 spiro atoms. The van der Waals surface area contributed by atoms with Crippen LogP contribution in [0.4, 0.5) is 0 Å². The summed E-state index contributed by atoms with van der Waals surface area (Å²) >= 11 is 3.52. The van der Waals surface area contributed by atoms with Crippen molar-refractivity contribution >= 4 is 15.9 Å². The van der Waals surface area contributed by atoms with E-state index >= 15 is 0 Å². The van der Waals surface area contributed by atoms with Crippen LogP contribution in [0.25, 0.3) is 0 Å². The van der Waals surface area contributed by atoms with Crippen LogP contribution in [-0.4, -0.2) is 6.54 Å². The van der Waals surface area contributed by atoms with Crippen molar-refractivity contribution in [3.63, 3.8) is 0 Å². The van der Waals surface area contributed by atoms with Gasteiger partial charge < -0.3 is 5.32 Å². The molecule has 0 saturated carbocycles. The van der Waals surface area contributed by atoms with Crippen LogP contribution in [0.2, 0.25) is 0 Å². The molecule has 1 unspecified atom stereocenters. The van der Waals surface area contributed by atoms with E-state index in [0.717, 1.165) is 23.0 Å². The van der Waals surface area contributed by atoms with Crippen LogP contribution in [0, 0.1) is 19.3 Å². The maximum atomic E-state index is 5.51. The molecule has 0 aliphatic heterocycles. The number of rotatable bonds is 4. The summed E-state index contributed by atoms with van der Waals surface area (Å²) in [4.78, 5) is 0. The molecule has 0 amide bonds. The molecule has 1 N–H and O–H groups in total. The first-order valence-electron chi connectivity index (χ1n) is 5.14. The van der Waals surface area contributed by atoms with Crippen LogP contribution in [0.15, 0.2) is 22.7 Å². The van der Waals surface area contributed by atoms with Crippen molar-refractivity contribution in [3.8, 4) is 12.3 Å². The normalized spacial score (nSPS) is 12.1. The van der Waals surface area contributed by atoms with Crippen molar-refractivity contribution < 1.29 is 0 Å². The average molecular weight is 266 g/mol. The lowest BCUT2D eigenvalue weighted by atomic mass is 10.1. The lowest BCUT2D eigenvalue weighted by Crippen LogP contribution is -2.20. The van der Waals surface area contributed by atoms with Crippen molar-refractivity contribution in [1.29, 1.82) is 0 Å². The molecule has 0 fully saturated rings. The molecule has 1 aromatic rings. The molecule has 15 heavy (non-hydrogen) atoms. The Labute approximate surface area is 100 Å². The zero-order chi connectivity index (χ0) is 11.3. The fraction of sp³-hybridized carbons (Fsp3) is 0.385. The Morgan fingerprint density at radius 3 is 2.80 bits per heavy atom. The summed E-state index contributed by atoms with van der Waals surface area (Å²) in [7, 11) is 0. The number of hydrogen-bond donors (Lipinski definition) is 1. The number of aryl methyl sites for hydroxylation is 1. The molecule has 0 radical (unpaired) electrons. The van der Waals surface area contributed by atoms with Crippen LogP contribution in [0.3, 0.4) is 0 Å². The molecule has 1 atom stereocenters. The van der Waals surface area contributed by atoms with E-state index in [2.05, 4.69) is 59.2 Å². The third kappa shape index (κ3) is 3.37. The minimum absolute atomic E-state index is 0.0156. The van der Waals surface area contributed by atoms with E-state index in [1.807, 2.05) is 0 Å². The van der Waals surface area contributed by atoms with Gasteiger partial charge in [-0.2, -0.15) is 0 Å². The van der Waals surface area contributed by atoms with E-state index in [1.165, 1.54) is 5.56 Å². The molecule has 80 valence electrons. The zero-order valence-corrected chi connectivity index (χ0v) is 10.8. The molecule has 0 saturated heterocycles. The SMILES string of the molecule is C#CC(NCCC)c1ccc(C)c(Br)c1.